The number of aliphatic hydroxyl groups is 1. The number of nitrogen functional groups attached to an aromatic ring is 1. The molecule has 2 saturated heterocycles. The summed E-state index contributed by atoms with van der Waals surface area (Å²) in [5.74, 6) is -0.319. The minimum absolute atomic E-state index is 0.0168. The topological polar surface area (TPSA) is 225 Å². The van der Waals surface area contributed by atoms with Crippen molar-refractivity contribution in [3.63, 3.8) is 0 Å². The van der Waals surface area contributed by atoms with Crippen LogP contribution in [0, 0.1) is 11.8 Å². The Bertz CT molecular complexity index is 1600. The zero-order valence-electron chi connectivity index (χ0n) is 21.6. The third-order valence-electron chi connectivity index (χ3n) is 7.24. The lowest BCUT2D eigenvalue weighted by Gasteiger charge is -2.27. The molecule has 0 aromatic carbocycles. The van der Waals surface area contributed by atoms with Gasteiger partial charge in [-0.2, -0.15) is 4.98 Å². The Balaban J connectivity index is 1.27. The smallest absolute Gasteiger partial charge is 0.386 e. The van der Waals surface area contributed by atoms with E-state index >= 15 is 0 Å². The number of imidazole rings is 1. The lowest BCUT2D eigenvalue weighted by Crippen LogP contribution is -2.35. The van der Waals surface area contributed by atoms with Crippen LogP contribution in [0.4, 0.5) is 5.95 Å². The number of rotatable bonds is 3. The van der Waals surface area contributed by atoms with Gasteiger partial charge in [-0.05, 0) is 24.7 Å². The van der Waals surface area contributed by atoms with E-state index in [1.807, 2.05) is 0 Å². The molecular formula is C21H27N7O10P2S2. The van der Waals surface area contributed by atoms with E-state index in [4.69, 9.17) is 33.3 Å². The van der Waals surface area contributed by atoms with Crippen molar-refractivity contribution in [2.24, 2.45) is 11.8 Å². The molecule has 4 N–H and O–H groups in total. The van der Waals surface area contributed by atoms with Crippen LogP contribution < -0.4 is 16.0 Å². The highest BCUT2D eigenvalue weighted by molar-refractivity contribution is 8.44. The number of aliphatic hydroxyl groups excluding tert-OH is 1. The number of aromatic amines is 1. The average Bonchev–Trinajstić information content (AvgIpc) is 3.61. The molecular weight excluding hydrogens is 636 g/mol. The number of aromatic nitrogens is 6. The normalized spacial score (nSPS) is 37.7. The first kappa shape index (κ1) is 30.0. The van der Waals surface area contributed by atoms with Crippen molar-refractivity contribution in [3.8, 4) is 5.88 Å². The van der Waals surface area contributed by atoms with E-state index in [1.54, 1.807) is 12.3 Å². The van der Waals surface area contributed by atoms with Crippen molar-refractivity contribution in [1.29, 1.82) is 0 Å². The molecule has 21 heteroatoms. The van der Waals surface area contributed by atoms with Crippen LogP contribution >= 0.6 is 38.1 Å². The van der Waals surface area contributed by atoms with Crippen molar-refractivity contribution < 1.29 is 41.8 Å². The molecule has 228 valence electrons. The van der Waals surface area contributed by atoms with Crippen molar-refractivity contribution in [2.75, 3.05) is 25.6 Å². The highest BCUT2D eigenvalue weighted by Crippen LogP contribution is 2.59. The van der Waals surface area contributed by atoms with Gasteiger partial charge in [0.1, 0.15) is 30.7 Å². The van der Waals surface area contributed by atoms with E-state index in [0.717, 1.165) is 0 Å². The summed E-state index contributed by atoms with van der Waals surface area (Å²) >= 11 is 8.26. The molecule has 0 radical (unpaired) electrons. The third kappa shape index (κ3) is 6.40. The van der Waals surface area contributed by atoms with Crippen LogP contribution in [0.3, 0.4) is 0 Å². The standard InChI is InChI=1S/C21H27N7O10P2S2/c22-21-26-18-15(19(30)27-21)25-9-28(18)20-17-16(29)13(37-20)7-35-39(31,41)33-5-10-3-12(36-14-1-2-23-8-24-14)4-11(10)6-34-40(32,42)38-17/h1-2,8-13,16-17,20,29H,3-7H2,(H,31,41)(H,32,42)(H3,22,26,27,30)/t10-,11-,12+,13-,16-,17-,20-,39?,40?/m1/s1. The Morgan fingerprint density at radius 1 is 1.10 bits per heavy atom. The number of hydrogen-bond acceptors (Lipinski definition) is 15. The molecule has 3 aromatic heterocycles. The summed E-state index contributed by atoms with van der Waals surface area (Å²) in [5, 5.41) is 11.1. The van der Waals surface area contributed by atoms with Gasteiger partial charge in [0.15, 0.2) is 17.4 Å². The average molecular weight is 664 g/mol. The fraction of sp³-hybridized carbons (Fsp3) is 0.571. The van der Waals surface area contributed by atoms with Gasteiger partial charge < -0.3 is 29.4 Å². The van der Waals surface area contributed by atoms with Gasteiger partial charge in [0.05, 0.1) is 26.1 Å². The molecule has 17 nitrogen and oxygen atoms in total. The Kier molecular flexibility index (Phi) is 8.43. The van der Waals surface area contributed by atoms with Crippen molar-refractivity contribution >= 4 is 55.2 Å². The fourth-order valence-corrected chi connectivity index (χ4v) is 7.97. The second-order valence-corrected chi connectivity index (χ2v) is 15.8. The van der Waals surface area contributed by atoms with Crippen molar-refractivity contribution in [1.82, 2.24) is 29.5 Å². The molecule has 0 amide bonds. The molecule has 9 atom stereocenters. The van der Waals surface area contributed by atoms with Crippen LogP contribution in [0.2, 0.25) is 0 Å². The van der Waals surface area contributed by atoms with Crippen LogP contribution in [0.1, 0.15) is 19.1 Å². The summed E-state index contributed by atoms with van der Waals surface area (Å²) in [6, 6.07) is 1.62. The summed E-state index contributed by atoms with van der Waals surface area (Å²) < 4.78 is 62.3. The summed E-state index contributed by atoms with van der Waals surface area (Å²) in [6.07, 6.45) is -0.471. The number of nitrogens with two attached hydrogens (primary N) is 1. The Morgan fingerprint density at radius 3 is 2.52 bits per heavy atom. The maximum absolute atomic E-state index is 13.5. The molecule has 2 bridgehead atoms. The first-order chi connectivity index (χ1) is 20.0. The lowest BCUT2D eigenvalue weighted by atomic mass is 9.98. The lowest BCUT2D eigenvalue weighted by molar-refractivity contribution is -0.0462. The highest BCUT2D eigenvalue weighted by Gasteiger charge is 2.50. The fourth-order valence-electron chi connectivity index (χ4n) is 5.27. The zero-order chi connectivity index (χ0) is 29.6. The molecule has 0 spiro atoms. The van der Waals surface area contributed by atoms with E-state index in [1.165, 1.54) is 17.2 Å². The molecule has 6 rings (SSSR count). The van der Waals surface area contributed by atoms with Crippen molar-refractivity contribution in [2.45, 2.75) is 43.5 Å². The van der Waals surface area contributed by atoms with E-state index in [9.17, 15) is 19.0 Å². The zero-order valence-corrected chi connectivity index (χ0v) is 25.2. The molecule has 3 aromatic rings. The summed E-state index contributed by atoms with van der Waals surface area (Å²) in [4.78, 5) is 30.8. The van der Waals surface area contributed by atoms with Crippen LogP contribution in [-0.4, -0.2) is 78.8 Å². The Hall–Kier alpha value is -2.05. The number of hydrogen-bond donors (Lipinski definition) is 5. The first-order valence-corrected chi connectivity index (χ1v) is 18.1. The van der Waals surface area contributed by atoms with Crippen LogP contribution in [0.15, 0.2) is 29.7 Å². The van der Waals surface area contributed by atoms with E-state index in [0.29, 0.717) is 18.7 Å². The van der Waals surface area contributed by atoms with Crippen molar-refractivity contribution in [3.05, 3.63) is 35.3 Å². The summed E-state index contributed by atoms with van der Waals surface area (Å²) in [6.45, 7) is -8.61. The van der Waals surface area contributed by atoms with Gasteiger partial charge in [-0.15, -0.1) is 0 Å². The molecule has 42 heavy (non-hydrogen) atoms. The van der Waals surface area contributed by atoms with E-state index in [2.05, 4.69) is 49.4 Å². The van der Waals surface area contributed by atoms with Gasteiger partial charge in [-0.25, -0.2) is 24.1 Å². The largest absolute Gasteiger partial charge is 0.474 e. The SMILES string of the molecule is Nc1nc2c(ncn2[C@@H]2O[C@@H]3COP(=O)(S)OC[C@H]4C[C@H](Oc5ccncn5)C[C@@H]4COP(=O)(S)O[C@@H]2[C@@H]3O)c(=O)[nH]1. The van der Waals surface area contributed by atoms with Gasteiger partial charge in [0.25, 0.3) is 5.56 Å². The number of ether oxygens (including phenoxy) is 2. The maximum atomic E-state index is 13.5. The summed E-state index contributed by atoms with van der Waals surface area (Å²) in [7, 11) is 0. The maximum Gasteiger partial charge on any atom is 0.386 e. The molecule has 1 saturated carbocycles. The monoisotopic (exact) mass is 663 g/mol. The number of fused-ring (bicyclic) bond motifs is 4. The Morgan fingerprint density at radius 2 is 1.81 bits per heavy atom. The number of nitrogens with zero attached hydrogens (tertiary/aromatic N) is 5. The van der Waals surface area contributed by atoms with Crippen LogP contribution in [-0.2, 0) is 32.0 Å². The number of H-pyrrole nitrogens is 1. The molecule has 3 fully saturated rings. The van der Waals surface area contributed by atoms with Gasteiger partial charge in [0.2, 0.25) is 11.8 Å². The van der Waals surface area contributed by atoms with Gasteiger partial charge in [0, 0.05) is 12.3 Å². The number of thiol groups is 2. The van der Waals surface area contributed by atoms with Gasteiger partial charge >= 0.3 is 13.6 Å². The number of anilines is 1. The highest BCUT2D eigenvalue weighted by atomic mass is 32.7. The predicted octanol–water partition coefficient (Wildman–Crippen LogP) is 1.75. The minimum atomic E-state index is -4.13. The minimum Gasteiger partial charge on any atom is -0.474 e. The van der Waals surface area contributed by atoms with Gasteiger partial charge in [-0.1, -0.05) is 24.5 Å². The quantitative estimate of drug-likeness (QED) is 0.199. The second-order valence-electron chi connectivity index (χ2n) is 10.0. The second kappa shape index (κ2) is 11.8. The van der Waals surface area contributed by atoms with Crippen LogP contribution in [0.5, 0.6) is 5.88 Å². The molecule has 3 aliphatic rings. The molecule has 2 unspecified atom stereocenters. The molecule has 5 heterocycles. The third-order valence-corrected chi connectivity index (χ3v) is 10.5. The molecule has 2 aliphatic heterocycles. The molecule has 1 aliphatic carbocycles. The van der Waals surface area contributed by atoms with Gasteiger partial charge in [-0.3, -0.25) is 23.4 Å². The predicted molar refractivity (Wildman–Crippen MR) is 151 cm³/mol. The van der Waals surface area contributed by atoms with E-state index < -0.39 is 50.3 Å². The number of nitrogens with one attached hydrogen (secondary N) is 1. The van der Waals surface area contributed by atoms with E-state index in [-0.39, 0.29) is 48.3 Å². The Labute approximate surface area is 248 Å². The van der Waals surface area contributed by atoms with Crippen LogP contribution in [0.25, 0.3) is 11.2 Å². The summed E-state index contributed by atoms with van der Waals surface area (Å²) in [5.41, 5.74) is 5.07. The first-order valence-electron chi connectivity index (χ1n) is 12.7.